The zero-order chi connectivity index (χ0) is 13.4. The SMILES string of the molecule is CC1=CCC(c2ccc3ccccc3c2CO)=C1C. The van der Waals surface area contributed by atoms with Gasteiger partial charge in [-0.25, -0.2) is 0 Å². The fourth-order valence-corrected chi connectivity index (χ4v) is 2.90. The van der Waals surface area contributed by atoms with Crippen molar-refractivity contribution in [2.75, 3.05) is 0 Å². The Bertz CT molecular complexity index is 705. The van der Waals surface area contributed by atoms with Crippen LogP contribution >= 0.6 is 0 Å². The van der Waals surface area contributed by atoms with Crippen LogP contribution in [0.15, 0.2) is 53.6 Å². The molecule has 0 atom stereocenters. The van der Waals surface area contributed by atoms with Crippen LogP contribution in [0.5, 0.6) is 0 Å². The maximum atomic E-state index is 9.79. The molecule has 0 radical (unpaired) electrons. The Balaban J connectivity index is 2.26. The van der Waals surface area contributed by atoms with Crippen molar-refractivity contribution in [3.05, 3.63) is 64.7 Å². The van der Waals surface area contributed by atoms with Crippen LogP contribution in [0.2, 0.25) is 0 Å². The summed E-state index contributed by atoms with van der Waals surface area (Å²) < 4.78 is 0. The molecule has 3 rings (SSSR count). The highest BCUT2D eigenvalue weighted by Crippen LogP contribution is 2.37. The third-order valence-electron chi connectivity index (χ3n) is 4.18. The van der Waals surface area contributed by atoms with E-state index in [4.69, 9.17) is 0 Å². The number of aliphatic hydroxyl groups excluding tert-OH is 1. The number of hydrogen-bond donors (Lipinski definition) is 1. The minimum atomic E-state index is 0.0898. The average molecular weight is 250 g/mol. The fraction of sp³-hybridized carbons (Fsp3) is 0.222. The average Bonchev–Trinajstić information content (AvgIpc) is 2.77. The van der Waals surface area contributed by atoms with Gasteiger partial charge in [0.15, 0.2) is 0 Å². The Morgan fingerprint density at radius 1 is 1.05 bits per heavy atom. The van der Waals surface area contributed by atoms with Gasteiger partial charge in [-0.1, -0.05) is 48.0 Å². The first-order valence-electron chi connectivity index (χ1n) is 6.71. The highest BCUT2D eigenvalue weighted by atomic mass is 16.3. The zero-order valence-corrected chi connectivity index (χ0v) is 11.4. The lowest BCUT2D eigenvalue weighted by molar-refractivity contribution is 0.283. The second kappa shape index (κ2) is 4.67. The molecular formula is C18H18O. The Morgan fingerprint density at radius 2 is 1.84 bits per heavy atom. The standard InChI is InChI=1S/C18H18O/c1-12-7-9-15(13(12)2)17-10-8-14-5-3-4-6-16(14)18(17)11-19/h3-8,10,19H,9,11H2,1-2H3. The summed E-state index contributed by atoms with van der Waals surface area (Å²) in [7, 11) is 0. The van der Waals surface area contributed by atoms with Crippen LogP contribution < -0.4 is 0 Å². The number of aliphatic hydroxyl groups is 1. The van der Waals surface area contributed by atoms with E-state index in [9.17, 15) is 5.11 Å². The Labute approximate surface area is 113 Å². The summed E-state index contributed by atoms with van der Waals surface area (Å²) in [6.45, 7) is 4.42. The van der Waals surface area contributed by atoms with E-state index < -0.39 is 0 Å². The molecule has 1 aliphatic rings. The van der Waals surface area contributed by atoms with E-state index in [0.29, 0.717) is 0 Å². The topological polar surface area (TPSA) is 20.2 Å². The predicted molar refractivity (Wildman–Crippen MR) is 80.8 cm³/mol. The molecular weight excluding hydrogens is 232 g/mol. The Kier molecular flexibility index (Phi) is 3.00. The second-order valence-corrected chi connectivity index (χ2v) is 5.17. The normalized spacial score (nSPS) is 15.2. The molecule has 0 aliphatic heterocycles. The van der Waals surface area contributed by atoms with E-state index in [1.165, 1.54) is 27.7 Å². The Morgan fingerprint density at radius 3 is 2.53 bits per heavy atom. The van der Waals surface area contributed by atoms with E-state index >= 15 is 0 Å². The van der Waals surface area contributed by atoms with E-state index in [0.717, 1.165) is 17.4 Å². The van der Waals surface area contributed by atoms with E-state index in [1.807, 2.05) is 12.1 Å². The van der Waals surface area contributed by atoms with Crippen molar-refractivity contribution < 1.29 is 5.11 Å². The monoisotopic (exact) mass is 250 g/mol. The van der Waals surface area contributed by atoms with E-state index in [-0.39, 0.29) is 6.61 Å². The van der Waals surface area contributed by atoms with Gasteiger partial charge in [0.05, 0.1) is 6.61 Å². The number of benzene rings is 2. The highest BCUT2D eigenvalue weighted by Gasteiger charge is 2.16. The fourth-order valence-electron chi connectivity index (χ4n) is 2.90. The lowest BCUT2D eigenvalue weighted by atomic mass is 9.92. The van der Waals surface area contributed by atoms with Crippen molar-refractivity contribution in [3.8, 4) is 0 Å². The molecule has 0 aromatic heterocycles. The smallest absolute Gasteiger partial charge is 0.0693 e. The minimum Gasteiger partial charge on any atom is -0.392 e. The van der Waals surface area contributed by atoms with Gasteiger partial charge in [0.2, 0.25) is 0 Å². The van der Waals surface area contributed by atoms with Gasteiger partial charge in [0.1, 0.15) is 0 Å². The van der Waals surface area contributed by atoms with Crippen molar-refractivity contribution in [3.63, 3.8) is 0 Å². The molecule has 1 aliphatic carbocycles. The molecule has 0 bridgehead atoms. The van der Waals surface area contributed by atoms with E-state index in [1.54, 1.807) is 0 Å². The molecule has 0 spiro atoms. The van der Waals surface area contributed by atoms with Gasteiger partial charge in [0.25, 0.3) is 0 Å². The van der Waals surface area contributed by atoms with Crippen molar-refractivity contribution in [2.45, 2.75) is 26.9 Å². The summed E-state index contributed by atoms with van der Waals surface area (Å²) in [6, 6.07) is 12.6. The number of allylic oxidation sites excluding steroid dienone is 4. The van der Waals surface area contributed by atoms with Gasteiger partial charge in [0, 0.05) is 0 Å². The van der Waals surface area contributed by atoms with Gasteiger partial charge in [-0.15, -0.1) is 0 Å². The van der Waals surface area contributed by atoms with Crippen LogP contribution in [0.25, 0.3) is 16.3 Å². The minimum absolute atomic E-state index is 0.0898. The third-order valence-corrected chi connectivity index (χ3v) is 4.18. The van der Waals surface area contributed by atoms with Crippen molar-refractivity contribution in [1.29, 1.82) is 0 Å². The summed E-state index contributed by atoms with van der Waals surface area (Å²) in [5.74, 6) is 0. The molecule has 0 fully saturated rings. The molecule has 1 N–H and O–H groups in total. The first kappa shape index (κ1) is 12.2. The maximum Gasteiger partial charge on any atom is 0.0693 e. The molecule has 19 heavy (non-hydrogen) atoms. The lowest BCUT2D eigenvalue weighted by Gasteiger charge is -2.13. The molecule has 0 heterocycles. The van der Waals surface area contributed by atoms with Gasteiger partial charge >= 0.3 is 0 Å². The largest absolute Gasteiger partial charge is 0.392 e. The Hall–Kier alpha value is -1.86. The first-order chi connectivity index (χ1) is 9.22. The molecule has 0 saturated heterocycles. The molecule has 2 aromatic rings. The maximum absolute atomic E-state index is 9.79. The van der Waals surface area contributed by atoms with Gasteiger partial charge in [-0.2, -0.15) is 0 Å². The number of fused-ring (bicyclic) bond motifs is 1. The first-order valence-corrected chi connectivity index (χ1v) is 6.71. The van der Waals surface area contributed by atoms with Crippen LogP contribution in [0.4, 0.5) is 0 Å². The van der Waals surface area contributed by atoms with Crippen molar-refractivity contribution >= 4 is 16.3 Å². The summed E-state index contributed by atoms with van der Waals surface area (Å²) in [6.07, 6.45) is 3.24. The molecule has 1 nitrogen and oxygen atoms in total. The van der Waals surface area contributed by atoms with Gasteiger partial charge in [-0.3, -0.25) is 0 Å². The van der Waals surface area contributed by atoms with Gasteiger partial charge in [-0.05, 0) is 53.3 Å². The van der Waals surface area contributed by atoms with Crippen LogP contribution in [0.3, 0.4) is 0 Å². The second-order valence-electron chi connectivity index (χ2n) is 5.17. The summed E-state index contributed by atoms with van der Waals surface area (Å²) in [5, 5.41) is 12.1. The van der Waals surface area contributed by atoms with Crippen LogP contribution in [-0.4, -0.2) is 5.11 Å². The number of rotatable bonds is 2. The van der Waals surface area contributed by atoms with E-state index in [2.05, 4.69) is 44.2 Å². The predicted octanol–water partition coefficient (Wildman–Crippen LogP) is 4.46. The zero-order valence-electron chi connectivity index (χ0n) is 11.4. The highest BCUT2D eigenvalue weighted by molar-refractivity contribution is 5.92. The molecule has 0 amide bonds. The van der Waals surface area contributed by atoms with Crippen molar-refractivity contribution in [2.24, 2.45) is 0 Å². The van der Waals surface area contributed by atoms with Gasteiger partial charge < -0.3 is 5.11 Å². The summed E-state index contributed by atoms with van der Waals surface area (Å²) in [4.78, 5) is 0. The quantitative estimate of drug-likeness (QED) is 0.834. The van der Waals surface area contributed by atoms with Crippen LogP contribution in [-0.2, 0) is 6.61 Å². The lowest BCUT2D eigenvalue weighted by Crippen LogP contribution is -1.95. The summed E-state index contributed by atoms with van der Waals surface area (Å²) >= 11 is 0. The van der Waals surface area contributed by atoms with Crippen molar-refractivity contribution in [1.82, 2.24) is 0 Å². The summed E-state index contributed by atoms with van der Waals surface area (Å²) in [5.41, 5.74) is 6.31. The molecule has 1 heteroatoms. The molecule has 96 valence electrons. The molecule has 2 aromatic carbocycles. The molecule has 0 unspecified atom stereocenters. The van der Waals surface area contributed by atoms with Crippen LogP contribution in [0.1, 0.15) is 31.4 Å². The molecule has 0 saturated carbocycles. The van der Waals surface area contributed by atoms with Crippen LogP contribution in [0, 0.1) is 0 Å². The number of hydrogen-bond acceptors (Lipinski definition) is 1. The third kappa shape index (κ3) is 1.91.